The number of hydrogen-bond donors (Lipinski definition) is 2. The Hall–Kier alpha value is -2.30. The van der Waals surface area contributed by atoms with Crippen molar-refractivity contribution in [1.82, 2.24) is 9.97 Å². The van der Waals surface area contributed by atoms with Crippen LogP contribution in [0, 0.1) is 0 Å². The lowest BCUT2D eigenvalue weighted by atomic mass is 10.1. The molecule has 2 rings (SSSR count). The number of anilines is 2. The summed E-state index contributed by atoms with van der Waals surface area (Å²) in [5.41, 5.74) is 12.7. The van der Waals surface area contributed by atoms with Gasteiger partial charge in [-0.25, -0.2) is 9.97 Å². The molecule has 0 atom stereocenters. The highest BCUT2D eigenvalue weighted by Crippen LogP contribution is 2.15. The second-order valence-corrected chi connectivity index (χ2v) is 3.65. The van der Waals surface area contributed by atoms with Crippen molar-refractivity contribution in [2.75, 3.05) is 18.6 Å². The predicted molar refractivity (Wildman–Crippen MR) is 66.7 cm³/mol. The third-order valence-electron chi connectivity index (χ3n) is 2.42. The number of methoxy groups -OCH3 is 1. The van der Waals surface area contributed by atoms with E-state index in [-0.39, 0.29) is 0 Å². The molecule has 0 saturated carbocycles. The Morgan fingerprint density at radius 3 is 2.47 bits per heavy atom. The Labute approximate surface area is 99.5 Å². The highest BCUT2D eigenvalue weighted by Gasteiger charge is 2.02. The second kappa shape index (κ2) is 4.69. The van der Waals surface area contributed by atoms with Crippen LogP contribution < -0.4 is 16.2 Å². The minimum Gasteiger partial charge on any atom is -0.497 e. The third-order valence-corrected chi connectivity index (χ3v) is 2.42. The molecule has 0 saturated heterocycles. The highest BCUT2D eigenvalue weighted by molar-refractivity contribution is 5.56. The highest BCUT2D eigenvalue weighted by atomic mass is 16.5. The van der Waals surface area contributed by atoms with Crippen molar-refractivity contribution in [2.45, 2.75) is 6.42 Å². The first-order valence-electron chi connectivity index (χ1n) is 5.19. The van der Waals surface area contributed by atoms with Gasteiger partial charge in [0, 0.05) is 6.42 Å². The maximum atomic E-state index is 5.62. The predicted octanol–water partition coefficient (Wildman–Crippen LogP) is 1.24. The topological polar surface area (TPSA) is 87.0 Å². The minimum absolute atomic E-state index is 0.323. The van der Waals surface area contributed by atoms with Gasteiger partial charge >= 0.3 is 0 Å². The van der Waals surface area contributed by atoms with Crippen molar-refractivity contribution in [3.63, 3.8) is 0 Å². The monoisotopic (exact) mass is 230 g/mol. The second-order valence-electron chi connectivity index (χ2n) is 3.65. The van der Waals surface area contributed by atoms with Crippen LogP contribution >= 0.6 is 0 Å². The first-order chi connectivity index (χ1) is 8.19. The molecule has 1 aromatic heterocycles. The normalized spacial score (nSPS) is 10.2. The maximum Gasteiger partial charge on any atom is 0.150 e. The number of nitrogen functional groups attached to an aromatic ring is 2. The van der Waals surface area contributed by atoms with E-state index in [4.69, 9.17) is 16.2 Å². The molecule has 0 bridgehead atoms. The summed E-state index contributed by atoms with van der Waals surface area (Å²) in [7, 11) is 1.64. The molecule has 0 amide bonds. The van der Waals surface area contributed by atoms with Gasteiger partial charge in [0.05, 0.1) is 19.0 Å². The van der Waals surface area contributed by atoms with Gasteiger partial charge in [0.25, 0.3) is 0 Å². The van der Waals surface area contributed by atoms with Crippen molar-refractivity contribution >= 4 is 11.5 Å². The van der Waals surface area contributed by atoms with E-state index >= 15 is 0 Å². The SMILES string of the molecule is COc1ccc(Cc2ncc(N)c(N)n2)cc1. The van der Waals surface area contributed by atoms with Gasteiger partial charge in [-0.05, 0) is 17.7 Å². The van der Waals surface area contributed by atoms with Gasteiger partial charge in [-0.15, -0.1) is 0 Å². The van der Waals surface area contributed by atoms with Crippen LogP contribution in [0.1, 0.15) is 11.4 Å². The lowest BCUT2D eigenvalue weighted by Gasteiger charge is -2.04. The molecule has 88 valence electrons. The molecule has 0 radical (unpaired) electrons. The van der Waals surface area contributed by atoms with E-state index < -0.39 is 0 Å². The van der Waals surface area contributed by atoms with E-state index in [1.165, 1.54) is 6.20 Å². The summed E-state index contributed by atoms with van der Waals surface area (Å²) >= 11 is 0. The summed E-state index contributed by atoms with van der Waals surface area (Å²) < 4.78 is 5.09. The first kappa shape index (κ1) is 11.2. The van der Waals surface area contributed by atoms with Gasteiger partial charge in [0.15, 0.2) is 0 Å². The number of nitrogens with two attached hydrogens (primary N) is 2. The molecule has 0 fully saturated rings. The fourth-order valence-corrected chi connectivity index (χ4v) is 1.45. The smallest absolute Gasteiger partial charge is 0.150 e. The van der Waals surface area contributed by atoms with Crippen LogP contribution in [0.4, 0.5) is 11.5 Å². The number of nitrogens with zero attached hydrogens (tertiary/aromatic N) is 2. The zero-order valence-electron chi connectivity index (χ0n) is 9.55. The van der Waals surface area contributed by atoms with Crippen molar-refractivity contribution in [3.05, 3.63) is 41.9 Å². The molecule has 0 aliphatic carbocycles. The molecule has 2 aromatic rings. The summed E-state index contributed by atoms with van der Waals surface area (Å²) in [6, 6.07) is 7.73. The molecule has 17 heavy (non-hydrogen) atoms. The number of aromatic nitrogens is 2. The van der Waals surface area contributed by atoms with Crippen LogP contribution in [0.15, 0.2) is 30.5 Å². The van der Waals surface area contributed by atoms with Gasteiger partial charge in [-0.2, -0.15) is 0 Å². The molecule has 0 aliphatic heterocycles. The van der Waals surface area contributed by atoms with Gasteiger partial charge < -0.3 is 16.2 Å². The molecule has 1 aromatic carbocycles. The summed E-state index contributed by atoms with van der Waals surface area (Å²) in [6.07, 6.45) is 2.15. The molecule has 0 unspecified atom stereocenters. The molecule has 5 heteroatoms. The van der Waals surface area contributed by atoms with E-state index in [0.29, 0.717) is 23.8 Å². The van der Waals surface area contributed by atoms with Crippen LogP contribution in [0.2, 0.25) is 0 Å². The van der Waals surface area contributed by atoms with Gasteiger partial charge in [-0.3, -0.25) is 0 Å². The fourth-order valence-electron chi connectivity index (χ4n) is 1.45. The molecular weight excluding hydrogens is 216 g/mol. The lowest BCUT2D eigenvalue weighted by molar-refractivity contribution is 0.414. The number of hydrogen-bond acceptors (Lipinski definition) is 5. The average molecular weight is 230 g/mol. The Morgan fingerprint density at radius 2 is 1.88 bits per heavy atom. The van der Waals surface area contributed by atoms with Crippen molar-refractivity contribution < 1.29 is 4.74 Å². The average Bonchev–Trinajstić information content (AvgIpc) is 2.35. The van der Waals surface area contributed by atoms with E-state index in [0.717, 1.165) is 11.3 Å². The third kappa shape index (κ3) is 2.63. The first-order valence-corrected chi connectivity index (χ1v) is 5.19. The van der Waals surface area contributed by atoms with Crippen LogP contribution in [-0.2, 0) is 6.42 Å². The Morgan fingerprint density at radius 1 is 1.18 bits per heavy atom. The quantitative estimate of drug-likeness (QED) is 0.828. The number of ether oxygens (including phenoxy) is 1. The summed E-state index contributed by atoms with van der Waals surface area (Å²) in [5, 5.41) is 0. The Kier molecular flexibility index (Phi) is 3.09. The van der Waals surface area contributed by atoms with Crippen LogP contribution in [0.25, 0.3) is 0 Å². The number of rotatable bonds is 3. The molecule has 0 aliphatic rings. The Bertz CT molecular complexity index is 510. The zero-order chi connectivity index (χ0) is 12.3. The van der Waals surface area contributed by atoms with E-state index in [1.807, 2.05) is 24.3 Å². The summed E-state index contributed by atoms with van der Waals surface area (Å²) in [4.78, 5) is 8.25. The van der Waals surface area contributed by atoms with Gasteiger partial charge in [0.2, 0.25) is 0 Å². The number of benzene rings is 1. The van der Waals surface area contributed by atoms with Crippen molar-refractivity contribution in [3.8, 4) is 5.75 Å². The standard InChI is InChI=1S/C12H14N4O/c1-17-9-4-2-8(3-5-9)6-11-15-7-10(13)12(14)16-11/h2-5,7H,6,13H2,1H3,(H2,14,15,16). The van der Waals surface area contributed by atoms with Crippen molar-refractivity contribution in [1.29, 1.82) is 0 Å². The molecule has 1 heterocycles. The maximum absolute atomic E-state index is 5.62. The van der Waals surface area contributed by atoms with Crippen LogP contribution in [-0.4, -0.2) is 17.1 Å². The van der Waals surface area contributed by atoms with Crippen LogP contribution in [0.5, 0.6) is 5.75 Å². The van der Waals surface area contributed by atoms with E-state index in [9.17, 15) is 0 Å². The summed E-state index contributed by atoms with van der Waals surface area (Å²) in [5.74, 6) is 1.80. The van der Waals surface area contributed by atoms with Gasteiger partial charge in [0.1, 0.15) is 17.4 Å². The van der Waals surface area contributed by atoms with Gasteiger partial charge in [-0.1, -0.05) is 12.1 Å². The van der Waals surface area contributed by atoms with E-state index in [1.54, 1.807) is 7.11 Å². The van der Waals surface area contributed by atoms with Crippen molar-refractivity contribution in [2.24, 2.45) is 0 Å². The van der Waals surface area contributed by atoms with E-state index in [2.05, 4.69) is 9.97 Å². The largest absolute Gasteiger partial charge is 0.497 e. The molecular formula is C12H14N4O. The molecule has 0 spiro atoms. The zero-order valence-corrected chi connectivity index (χ0v) is 9.55. The van der Waals surface area contributed by atoms with Crippen LogP contribution in [0.3, 0.4) is 0 Å². The lowest BCUT2D eigenvalue weighted by Crippen LogP contribution is -2.04. The summed E-state index contributed by atoms with van der Waals surface area (Å²) in [6.45, 7) is 0. The Balaban J connectivity index is 2.16. The fraction of sp³-hybridized carbons (Fsp3) is 0.167. The molecule has 4 N–H and O–H groups in total. The molecule has 5 nitrogen and oxygen atoms in total. The minimum atomic E-state index is 0.323.